The highest BCUT2D eigenvalue weighted by Gasteiger charge is 2.09. The van der Waals surface area contributed by atoms with E-state index in [-0.39, 0.29) is 6.04 Å². The summed E-state index contributed by atoms with van der Waals surface area (Å²) in [6.45, 7) is 7.39. The summed E-state index contributed by atoms with van der Waals surface area (Å²) in [7, 11) is 0. The molecular weight excluding hydrogens is 246 g/mol. The van der Waals surface area contributed by atoms with Crippen LogP contribution in [0, 0.1) is 6.92 Å². The van der Waals surface area contributed by atoms with Crippen molar-refractivity contribution in [1.29, 1.82) is 0 Å². The number of hydrogen-bond donors (Lipinski definition) is 1. The van der Waals surface area contributed by atoms with E-state index in [9.17, 15) is 0 Å². The molecule has 0 fully saturated rings. The largest absolute Gasteiger partial charge is 0.327 e. The van der Waals surface area contributed by atoms with Crippen LogP contribution in [0.1, 0.15) is 76.6 Å². The maximum atomic E-state index is 6.26. The van der Waals surface area contributed by atoms with Gasteiger partial charge in [-0.1, -0.05) is 51.9 Å². The van der Waals surface area contributed by atoms with Gasteiger partial charge in [0.25, 0.3) is 0 Å². The minimum absolute atomic E-state index is 0.284. The van der Waals surface area contributed by atoms with E-state index in [1.165, 1.54) is 50.6 Å². The Hall–Kier alpha value is -0.830. The Morgan fingerprint density at radius 1 is 1.10 bits per heavy atom. The molecule has 0 aliphatic rings. The molecule has 1 aromatic rings. The van der Waals surface area contributed by atoms with Gasteiger partial charge in [-0.05, 0) is 26.3 Å². The first-order valence-electron chi connectivity index (χ1n) is 8.46. The second-order valence-corrected chi connectivity index (χ2v) is 5.97. The molecule has 0 aliphatic heterocycles. The monoisotopic (exact) mass is 279 g/mol. The predicted molar refractivity (Wildman–Crippen MR) is 86.9 cm³/mol. The standard InChI is InChI=1S/C17H33N3/c1-4-6-7-8-9-10-11-12-16(18)14-17-13-15(3)19-20(17)5-2/h13,16H,4-12,14,18H2,1-3H3. The number of rotatable bonds is 11. The molecule has 0 saturated heterocycles. The average molecular weight is 279 g/mol. The predicted octanol–water partition coefficient (Wildman–Crippen LogP) is 4.22. The molecule has 1 rings (SSSR count). The van der Waals surface area contributed by atoms with E-state index in [0.717, 1.165) is 25.1 Å². The fraction of sp³-hybridized carbons (Fsp3) is 0.824. The summed E-state index contributed by atoms with van der Waals surface area (Å²) in [5, 5.41) is 4.48. The van der Waals surface area contributed by atoms with E-state index in [1.807, 2.05) is 0 Å². The maximum absolute atomic E-state index is 6.26. The first-order valence-corrected chi connectivity index (χ1v) is 8.46. The van der Waals surface area contributed by atoms with Crippen molar-refractivity contribution in [3.63, 3.8) is 0 Å². The quantitative estimate of drug-likeness (QED) is 0.616. The van der Waals surface area contributed by atoms with Crippen molar-refractivity contribution >= 4 is 0 Å². The van der Waals surface area contributed by atoms with Crippen LogP contribution in [-0.4, -0.2) is 15.8 Å². The lowest BCUT2D eigenvalue weighted by Gasteiger charge is -2.12. The van der Waals surface area contributed by atoms with Crippen LogP contribution in [0.25, 0.3) is 0 Å². The van der Waals surface area contributed by atoms with Crippen molar-refractivity contribution in [1.82, 2.24) is 9.78 Å². The first kappa shape index (κ1) is 17.2. The molecule has 0 aromatic carbocycles. The molecule has 1 aromatic heterocycles. The highest BCUT2D eigenvalue weighted by atomic mass is 15.3. The molecule has 3 nitrogen and oxygen atoms in total. The SMILES string of the molecule is CCCCCCCCCC(N)Cc1cc(C)nn1CC. The van der Waals surface area contributed by atoms with Crippen molar-refractivity contribution in [2.75, 3.05) is 0 Å². The molecule has 2 N–H and O–H groups in total. The lowest BCUT2D eigenvalue weighted by atomic mass is 10.0. The van der Waals surface area contributed by atoms with E-state index in [1.54, 1.807) is 0 Å². The van der Waals surface area contributed by atoms with Crippen molar-refractivity contribution < 1.29 is 0 Å². The third-order valence-corrected chi connectivity index (χ3v) is 3.93. The molecule has 0 radical (unpaired) electrons. The number of aromatic nitrogens is 2. The Labute approximate surface area is 124 Å². The Morgan fingerprint density at radius 3 is 2.40 bits per heavy atom. The van der Waals surface area contributed by atoms with Crippen LogP contribution in [0.5, 0.6) is 0 Å². The summed E-state index contributed by atoms with van der Waals surface area (Å²) in [4.78, 5) is 0. The summed E-state index contributed by atoms with van der Waals surface area (Å²) in [5.41, 5.74) is 8.65. The lowest BCUT2D eigenvalue weighted by molar-refractivity contribution is 0.511. The van der Waals surface area contributed by atoms with E-state index >= 15 is 0 Å². The molecular formula is C17H33N3. The Morgan fingerprint density at radius 2 is 1.75 bits per heavy atom. The van der Waals surface area contributed by atoms with Crippen LogP contribution < -0.4 is 5.73 Å². The van der Waals surface area contributed by atoms with Crippen LogP contribution in [-0.2, 0) is 13.0 Å². The zero-order chi connectivity index (χ0) is 14.8. The van der Waals surface area contributed by atoms with Crippen molar-refractivity contribution in [2.24, 2.45) is 5.73 Å². The zero-order valence-corrected chi connectivity index (χ0v) is 13.7. The van der Waals surface area contributed by atoms with Gasteiger partial charge in [0.1, 0.15) is 0 Å². The Balaban J connectivity index is 2.15. The topological polar surface area (TPSA) is 43.8 Å². The van der Waals surface area contributed by atoms with Gasteiger partial charge < -0.3 is 5.73 Å². The molecule has 3 heteroatoms. The number of nitrogens with zero attached hydrogens (tertiary/aromatic N) is 2. The van der Waals surface area contributed by atoms with Crippen LogP contribution in [0.4, 0.5) is 0 Å². The zero-order valence-electron chi connectivity index (χ0n) is 13.7. The Kier molecular flexibility index (Phi) is 8.59. The van der Waals surface area contributed by atoms with E-state index in [4.69, 9.17) is 5.73 Å². The van der Waals surface area contributed by atoms with Gasteiger partial charge in [0.15, 0.2) is 0 Å². The lowest BCUT2D eigenvalue weighted by Crippen LogP contribution is -2.24. The molecule has 0 amide bonds. The van der Waals surface area contributed by atoms with E-state index < -0.39 is 0 Å². The fourth-order valence-corrected chi connectivity index (χ4v) is 2.77. The summed E-state index contributed by atoms with van der Waals surface area (Å²) < 4.78 is 2.08. The van der Waals surface area contributed by atoms with Crippen LogP contribution in [0.2, 0.25) is 0 Å². The van der Waals surface area contributed by atoms with Gasteiger partial charge in [0.05, 0.1) is 5.69 Å². The van der Waals surface area contributed by atoms with Gasteiger partial charge in [0.2, 0.25) is 0 Å². The number of aryl methyl sites for hydroxylation is 2. The van der Waals surface area contributed by atoms with E-state index in [2.05, 4.69) is 36.6 Å². The summed E-state index contributed by atoms with van der Waals surface area (Å²) >= 11 is 0. The maximum Gasteiger partial charge on any atom is 0.0596 e. The minimum Gasteiger partial charge on any atom is -0.327 e. The van der Waals surface area contributed by atoms with Gasteiger partial charge in [-0.2, -0.15) is 5.10 Å². The smallest absolute Gasteiger partial charge is 0.0596 e. The van der Waals surface area contributed by atoms with E-state index in [0.29, 0.717) is 0 Å². The average Bonchev–Trinajstić information content (AvgIpc) is 2.77. The van der Waals surface area contributed by atoms with Gasteiger partial charge in [-0.15, -0.1) is 0 Å². The molecule has 1 unspecified atom stereocenters. The van der Waals surface area contributed by atoms with Crippen LogP contribution >= 0.6 is 0 Å². The summed E-state index contributed by atoms with van der Waals surface area (Å²) in [6.07, 6.45) is 11.6. The molecule has 0 spiro atoms. The van der Waals surface area contributed by atoms with Gasteiger partial charge >= 0.3 is 0 Å². The molecule has 1 heterocycles. The number of nitrogens with two attached hydrogens (primary N) is 1. The van der Waals surface area contributed by atoms with Crippen LogP contribution in [0.15, 0.2) is 6.07 Å². The summed E-state index contributed by atoms with van der Waals surface area (Å²) in [5.74, 6) is 0. The molecule has 20 heavy (non-hydrogen) atoms. The molecule has 0 aliphatic carbocycles. The first-order chi connectivity index (χ1) is 9.67. The van der Waals surface area contributed by atoms with Crippen molar-refractivity contribution in [2.45, 2.75) is 91.1 Å². The minimum atomic E-state index is 0.284. The van der Waals surface area contributed by atoms with Gasteiger partial charge in [-0.3, -0.25) is 4.68 Å². The molecule has 0 bridgehead atoms. The second kappa shape index (κ2) is 9.98. The number of hydrogen-bond acceptors (Lipinski definition) is 2. The van der Waals surface area contributed by atoms with Crippen molar-refractivity contribution in [3.05, 3.63) is 17.5 Å². The van der Waals surface area contributed by atoms with Gasteiger partial charge in [-0.25, -0.2) is 0 Å². The second-order valence-electron chi connectivity index (χ2n) is 5.97. The third-order valence-electron chi connectivity index (χ3n) is 3.93. The highest BCUT2D eigenvalue weighted by Crippen LogP contribution is 2.12. The summed E-state index contributed by atoms with van der Waals surface area (Å²) in [6, 6.07) is 2.46. The molecule has 1 atom stereocenters. The molecule has 116 valence electrons. The molecule has 0 saturated carbocycles. The number of unbranched alkanes of at least 4 members (excludes halogenated alkanes) is 6. The Bertz CT molecular complexity index is 357. The third kappa shape index (κ3) is 6.56. The highest BCUT2D eigenvalue weighted by molar-refractivity contribution is 5.10. The van der Waals surface area contributed by atoms with Crippen molar-refractivity contribution in [3.8, 4) is 0 Å². The normalized spacial score (nSPS) is 12.8. The van der Waals surface area contributed by atoms with Crippen LogP contribution in [0.3, 0.4) is 0 Å². The van der Waals surface area contributed by atoms with Gasteiger partial charge in [0, 0.05) is 24.7 Å². The fourth-order valence-electron chi connectivity index (χ4n) is 2.77.